The third-order valence-corrected chi connectivity index (χ3v) is 4.59. The Labute approximate surface area is 147 Å². The van der Waals surface area contributed by atoms with Crippen LogP contribution in [0.2, 0.25) is 0 Å². The van der Waals surface area contributed by atoms with Crippen LogP contribution < -0.4 is 0 Å². The van der Waals surface area contributed by atoms with Crippen molar-refractivity contribution in [2.75, 3.05) is 13.2 Å². The molecule has 0 aliphatic rings. The fourth-order valence-electron chi connectivity index (χ4n) is 2.49. The molecule has 0 N–H and O–H groups in total. The van der Waals surface area contributed by atoms with E-state index in [0.717, 1.165) is 38.5 Å². The average Bonchev–Trinajstić information content (AvgIpc) is 2.54. The van der Waals surface area contributed by atoms with Crippen LogP contribution in [0.25, 0.3) is 0 Å². The summed E-state index contributed by atoms with van der Waals surface area (Å²) in [5.41, 5.74) is 0. The predicted octanol–water partition coefficient (Wildman–Crippen LogP) is 5.25. The van der Waals surface area contributed by atoms with Gasteiger partial charge in [0.15, 0.2) is 24.8 Å². The Morgan fingerprint density at radius 2 is 1.21 bits per heavy atom. The number of hydrogen-bond acceptors (Lipinski definition) is 5. The molecular formula is C18H34O5P+. The lowest BCUT2D eigenvalue weighted by molar-refractivity contribution is -0.122. The fourth-order valence-corrected chi connectivity index (χ4v) is 3.06. The number of ketones is 2. The summed E-state index contributed by atoms with van der Waals surface area (Å²) in [6, 6.07) is 0. The van der Waals surface area contributed by atoms with Crippen LogP contribution in [0.4, 0.5) is 0 Å². The van der Waals surface area contributed by atoms with Crippen molar-refractivity contribution in [3.05, 3.63) is 0 Å². The second-order valence-electron chi connectivity index (χ2n) is 6.75. The van der Waals surface area contributed by atoms with E-state index >= 15 is 0 Å². The highest BCUT2D eigenvalue weighted by atomic mass is 31.1. The molecule has 140 valence electrons. The second-order valence-corrected chi connectivity index (χ2v) is 7.71. The van der Waals surface area contributed by atoms with Crippen LogP contribution in [0.15, 0.2) is 0 Å². The highest BCUT2D eigenvalue weighted by molar-refractivity contribution is 7.33. The minimum atomic E-state index is -2.41. The van der Waals surface area contributed by atoms with Gasteiger partial charge in [0, 0.05) is 17.4 Å². The minimum absolute atomic E-state index is 0.0786. The molecule has 0 rings (SSSR count). The summed E-state index contributed by atoms with van der Waals surface area (Å²) in [4.78, 5) is 23.5. The van der Waals surface area contributed by atoms with E-state index < -0.39 is 8.25 Å². The van der Waals surface area contributed by atoms with E-state index in [1.807, 2.05) is 13.8 Å². The number of Topliss-reactive ketones (excluding diaryl/α,β-unsaturated/α-hetero) is 2. The summed E-state index contributed by atoms with van der Waals surface area (Å²) in [6.07, 6.45) is 7.30. The largest absolute Gasteiger partial charge is 0.698 e. The Morgan fingerprint density at radius 3 is 1.54 bits per heavy atom. The van der Waals surface area contributed by atoms with Crippen molar-refractivity contribution in [3.63, 3.8) is 0 Å². The van der Waals surface area contributed by atoms with Gasteiger partial charge in [0.05, 0.1) is 0 Å². The molecule has 0 heterocycles. The van der Waals surface area contributed by atoms with Crippen molar-refractivity contribution < 1.29 is 23.2 Å². The van der Waals surface area contributed by atoms with Gasteiger partial charge in [-0.25, -0.2) is 0 Å². The van der Waals surface area contributed by atoms with Gasteiger partial charge in [0.2, 0.25) is 0 Å². The molecule has 0 saturated carbocycles. The zero-order valence-corrected chi connectivity index (χ0v) is 16.6. The summed E-state index contributed by atoms with van der Waals surface area (Å²) < 4.78 is 21.4. The lowest BCUT2D eigenvalue weighted by Crippen LogP contribution is -2.12. The zero-order chi connectivity index (χ0) is 18.4. The van der Waals surface area contributed by atoms with Gasteiger partial charge >= 0.3 is 8.25 Å². The summed E-state index contributed by atoms with van der Waals surface area (Å²) in [5.74, 6) is 0.465. The van der Waals surface area contributed by atoms with E-state index in [4.69, 9.17) is 9.05 Å². The smallest absolute Gasteiger partial charge is 0.297 e. The molecule has 0 bridgehead atoms. The van der Waals surface area contributed by atoms with Gasteiger partial charge in [-0.3, -0.25) is 9.59 Å². The molecule has 0 radical (unpaired) electrons. The van der Waals surface area contributed by atoms with Crippen LogP contribution in [0.5, 0.6) is 0 Å². The Balaban J connectivity index is 3.81. The lowest BCUT2D eigenvalue weighted by Gasteiger charge is -2.08. The molecule has 0 unspecified atom stereocenters. The van der Waals surface area contributed by atoms with Crippen LogP contribution in [0, 0.1) is 11.8 Å². The quantitative estimate of drug-likeness (QED) is 0.351. The lowest BCUT2D eigenvalue weighted by atomic mass is 9.99. The van der Waals surface area contributed by atoms with Crippen LogP contribution in [-0.2, 0) is 23.2 Å². The van der Waals surface area contributed by atoms with E-state index in [9.17, 15) is 14.2 Å². The topological polar surface area (TPSA) is 69.7 Å². The molecule has 0 spiro atoms. The maximum atomic E-state index is 11.7. The molecule has 5 nitrogen and oxygen atoms in total. The normalized spacial score (nSPS) is 13.5. The van der Waals surface area contributed by atoms with Gasteiger partial charge in [-0.15, -0.1) is 9.05 Å². The van der Waals surface area contributed by atoms with Crippen LogP contribution in [0.1, 0.15) is 79.1 Å². The SMILES string of the molecule is CCCC[C@H](C)CC(=O)CO[P+](=O)OCC(=O)C[C@@H](C)CCCC. The molecule has 0 aromatic carbocycles. The summed E-state index contributed by atoms with van der Waals surface area (Å²) in [6.45, 7) is 7.86. The average molecular weight is 361 g/mol. The van der Waals surface area contributed by atoms with Gasteiger partial charge in [-0.1, -0.05) is 66.2 Å². The molecule has 0 aliphatic carbocycles. The molecule has 6 heteroatoms. The summed E-state index contributed by atoms with van der Waals surface area (Å²) >= 11 is 0. The number of hydrogen-bond donors (Lipinski definition) is 0. The summed E-state index contributed by atoms with van der Waals surface area (Å²) in [7, 11) is -2.41. The molecule has 2 atom stereocenters. The van der Waals surface area contributed by atoms with Crippen molar-refractivity contribution in [1.82, 2.24) is 0 Å². The highest BCUT2D eigenvalue weighted by Gasteiger charge is 2.25. The Hall–Kier alpha value is -0.640. The van der Waals surface area contributed by atoms with Gasteiger partial charge < -0.3 is 0 Å². The number of carbonyl (C=O) groups excluding carboxylic acids is 2. The first-order valence-electron chi connectivity index (χ1n) is 9.15. The van der Waals surface area contributed by atoms with Gasteiger partial charge in [-0.05, 0) is 11.8 Å². The number of carbonyl (C=O) groups is 2. The van der Waals surface area contributed by atoms with E-state index in [-0.39, 0.29) is 24.8 Å². The van der Waals surface area contributed by atoms with Crippen LogP contribution in [-0.4, -0.2) is 24.8 Å². The first-order chi connectivity index (χ1) is 11.4. The van der Waals surface area contributed by atoms with E-state index in [0.29, 0.717) is 24.7 Å². The van der Waals surface area contributed by atoms with Crippen molar-refractivity contribution in [1.29, 1.82) is 0 Å². The van der Waals surface area contributed by atoms with Crippen molar-refractivity contribution in [3.8, 4) is 0 Å². The van der Waals surface area contributed by atoms with E-state index in [1.165, 1.54) is 0 Å². The summed E-state index contributed by atoms with van der Waals surface area (Å²) in [5, 5.41) is 0. The van der Waals surface area contributed by atoms with Crippen LogP contribution in [0.3, 0.4) is 0 Å². The third kappa shape index (κ3) is 13.8. The number of unbranched alkanes of at least 4 members (excludes halogenated alkanes) is 2. The van der Waals surface area contributed by atoms with Crippen molar-refractivity contribution in [2.45, 2.75) is 79.1 Å². The standard InChI is InChI=1S/C18H34O5P/c1-5-7-9-15(3)11-17(19)13-22-24(21)23-14-18(20)12-16(4)10-8-6-2/h15-16H,5-14H2,1-4H3/q+1/t15-,16-/m0/s1. The zero-order valence-electron chi connectivity index (χ0n) is 15.7. The van der Waals surface area contributed by atoms with Crippen LogP contribution >= 0.6 is 8.25 Å². The molecule has 0 aromatic heterocycles. The number of rotatable bonds is 16. The molecule has 0 aliphatic heterocycles. The Bertz CT molecular complexity index is 350. The second kappa shape index (κ2) is 14.7. The van der Waals surface area contributed by atoms with Gasteiger partial charge in [0.1, 0.15) is 0 Å². The maximum absolute atomic E-state index is 11.7. The van der Waals surface area contributed by atoms with Crippen molar-refractivity contribution >= 4 is 19.8 Å². The first kappa shape index (κ1) is 23.4. The first-order valence-corrected chi connectivity index (χ1v) is 10.2. The Morgan fingerprint density at radius 1 is 0.833 bits per heavy atom. The predicted molar refractivity (Wildman–Crippen MR) is 96.1 cm³/mol. The molecule has 24 heavy (non-hydrogen) atoms. The van der Waals surface area contributed by atoms with Crippen molar-refractivity contribution in [2.24, 2.45) is 11.8 Å². The molecule has 0 amide bonds. The van der Waals surface area contributed by atoms with E-state index in [1.54, 1.807) is 0 Å². The molecule has 0 fully saturated rings. The van der Waals surface area contributed by atoms with E-state index in [2.05, 4.69) is 13.8 Å². The Kier molecular flexibility index (Phi) is 14.3. The van der Waals surface area contributed by atoms with Gasteiger partial charge in [0.25, 0.3) is 0 Å². The maximum Gasteiger partial charge on any atom is 0.698 e. The molecule has 0 saturated heterocycles. The van der Waals surface area contributed by atoms with Gasteiger partial charge in [-0.2, -0.15) is 0 Å². The fraction of sp³-hybridized carbons (Fsp3) is 0.889. The molecule has 0 aromatic rings. The highest BCUT2D eigenvalue weighted by Crippen LogP contribution is 2.24. The minimum Gasteiger partial charge on any atom is -0.297 e. The monoisotopic (exact) mass is 361 g/mol. The third-order valence-electron chi connectivity index (χ3n) is 3.92. The molecular weight excluding hydrogens is 327 g/mol.